The number of ether oxygens (including phenoxy) is 1. The molecule has 0 amide bonds. The van der Waals surface area contributed by atoms with Crippen molar-refractivity contribution >= 4 is 28.5 Å². The van der Waals surface area contributed by atoms with Gasteiger partial charge in [0.1, 0.15) is 18.1 Å². The summed E-state index contributed by atoms with van der Waals surface area (Å²) in [5.41, 5.74) is -0.998. The fourth-order valence-electron chi connectivity index (χ4n) is 3.82. The van der Waals surface area contributed by atoms with Gasteiger partial charge in [-0.2, -0.15) is 13.2 Å². The lowest BCUT2D eigenvalue weighted by Crippen LogP contribution is -2.27. The highest BCUT2D eigenvalue weighted by Gasteiger charge is 2.32. The van der Waals surface area contributed by atoms with E-state index in [0.717, 1.165) is 12.1 Å². The first-order valence-corrected chi connectivity index (χ1v) is 10.5. The normalized spacial score (nSPS) is 16.9. The van der Waals surface area contributed by atoms with Crippen LogP contribution in [0.3, 0.4) is 0 Å². The van der Waals surface area contributed by atoms with E-state index >= 15 is 0 Å². The van der Waals surface area contributed by atoms with Gasteiger partial charge in [-0.3, -0.25) is 14.5 Å². The van der Waals surface area contributed by atoms with Gasteiger partial charge >= 0.3 is 12.1 Å². The van der Waals surface area contributed by atoms with Crippen LogP contribution in [0.1, 0.15) is 12.0 Å². The van der Waals surface area contributed by atoms with E-state index in [1.165, 1.54) is 12.1 Å². The van der Waals surface area contributed by atoms with Gasteiger partial charge in [0.25, 0.3) is 0 Å². The van der Waals surface area contributed by atoms with E-state index < -0.39 is 29.1 Å². The summed E-state index contributed by atoms with van der Waals surface area (Å²) in [6.07, 6.45) is -4.08. The molecule has 1 aromatic heterocycles. The number of benzene rings is 2. The summed E-state index contributed by atoms with van der Waals surface area (Å²) in [6.45, 7) is 1.28. The van der Waals surface area contributed by atoms with Crippen molar-refractivity contribution in [1.82, 2.24) is 4.90 Å². The van der Waals surface area contributed by atoms with Crippen LogP contribution in [0, 0.1) is 5.92 Å². The number of carboxylic acid groups (broad SMARTS) is 1. The third-order valence-electron chi connectivity index (χ3n) is 5.57. The summed E-state index contributed by atoms with van der Waals surface area (Å²) in [5.74, 6) is -1.42. The number of alkyl halides is 3. The zero-order valence-corrected chi connectivity index (χ0v) is 17.9. The SMILES string of the molecule is O=C(O)[C@H]1CCN(CCOc2cc(C(F)(F)F)ccc2-c2cc(=O)c3cccc(Cl)c3o2)C1. The van der Waals surface area contributed by atoms with Crippen LogP contribution in [0.4, 0.5) is 13.2 Å². The fraction of sp³-hybridized carbons (Fsp3) is 0.304. The maximum absolute atomic E-state index is 13.3. The molecular weight excluding hydrogens is 463 g/mol. The molecule has 1 fully saturated rings. The number of hydrogen-bond donors (Lipinski definition) is 1. The quantitative estimate of drug-likeness (QED) is 0.538. The second-order valence-electron chi connectivity index (χ2n) is 7.77. The number of hydrogen-bond acceptors (Lipinski definition) is 5. The third kappa shape index (κ3) is 4.99. The van der Waals surface area contributed by atoms with Crippen LogP contribution in [0.15, 0.2) is 51.7 Å². The molecule has 0 radical (unpaired) electrons. The zero-order valence-electron chi connectivity index (χ0n) is 17.2. The summed E-state index contributed by atoms with van der Waals surface area (Å²) in [7, 11) is 0. The van der Waals surface area contributed by atoms with Gasteiger partial charge in [0.15, 0.2) is 11.0 Å². The van der Waals surface area contributed by atoms with Crippen molar-refractivity contribution in [1.29, 1.82) is 0 Å². The average molecular weight is 482 g/mol. The van der Waals surface area contributed by atoms with Crippen LogP contribution in [0.2, 0.25) is 5.02 Å². The van der Waals surface area contributed by atoms with Crippen LogP contribution >= 0.6 is 11.6 Å². The van der Waals surface area contributed by atoms with E-state index in [1.54, 1.807) is 18.2 Å². The minimum absolute atomic E-state index is 0.0245. The Bertz CT molecular complexity index is 1260. The Morgan fingerprint density at radius 3 is 2.73 bits per heavy atom. The molecule has 0 spiro atoms. The summed E-state index contributed by atoms with van der Waals surface area (Å²) in [4.78, 5) is 25.5. The molecule has 1 N–H and O–H groups in total. The number of aliphatic carboxylic acids is 1. The number of halogens is 4. The standard InChI is InChI=1S/C23H19ClF3NO5/c24-17-3-1-2-15-18(29)11-20(33-21(15)17)16-5-4-14(23(25,26)27)10-19(16)32-9-8-28-7-6-13(12-28)22(30)31/h1-5,10-11,13H,6-9,12H2,(H,30,31)/t13-/m0/s1. The largest absolute Gasteiger partial charge is 0.491 e. The van der Waals surface area contributed by atoms with E-state index in [1.807, 2.05) is 4.90 Å². The van der Waals surface area contributed by atoms with Crippen molar-refractivity contribution in [3.63, 3.8) is 0 Å². The van der Waals surface area contributed by atoms with Crippen LogP contribution in [-0.4, -0.2) is 42.2 Å². The van der Waals surface area contributed by atoms with Gasteiger partial charge in [0.05, 0.1) is 27.5 Å². The summed E-state index contributed by atoms with van der Waals surface area (Å²) in [5, 5.41) is 9.56. The first-order valence-electron chi connectivity index (χ1n) is 10.2. The van der Waals surface area contributed by atoms with E-state index in [4.69, 9.17) is 25.9 Å². The molecule has 1 saturated heterocycles. The van der Waals surface area contributed by atoms with Crippen molar-refractivity contribution in [3.05, 3.63) is 63.3 Å². The van der Waals surface area contributed by atoms with Crippen LogP contribution in [-0.2, 0) is 11.0 Å². The smallest absolute Gasteiger partial charge is 0.416 e. The zero-order chi connectivity index (χ0) is 23.8. The molecule has 174 valence electrons. The van der Waals surface area contributed by atoms with Crippen molar-refractivity contribution in [3.8, 4) is 17.1 Å². The number of rotatable bonds is 6. The molecule has 6 nitrogen and oxygen atoms in total. The monoisotopic (exact) mass is 481 g/mol. The predicted molar refractivity (Wildman–Crippen MR) is 116 cm³/mol. The fourth-order valence-corrected chi connectivity index (χ4v) is 4.03. The van der Waals surface area contributed by atoms with Gasteiger partial charge in [-0.15, -0.1) is 0 Å². The van der Waals surface area contributed by atoms with Crippen LogP contribution in [0.25, 0.3) is 22.3 Å². The highest BCUT2D eigenvalue weighted by molar-refractivity contribution is 6.34. The number of fused-ring (bicyclic) bond motifs is 1. The summed E-state index contributed by atoms with van der Waals surface area (Å²) in [6, 6.07) is 8.80. The molecule has 0 unspecified atom stereocenters. The third-order valence-corrected chi connectivity index (χ3v) is 5.87. The van der Waals surface area contributed by atoms with Crippen molar-refractivity contribution < 1.29 is 32.2 Å². The summed E-state index contributed by atoms with van der Waals surface area (Å²) >= 11 is 6.14. The van der Waals surface area contributed by atoms with Crippen LogP contribution in [0.5, 0.6) is 5.75 Å². The highest BCUT2D eigenvalue weighted by atomic mass is 35.5. The molecule has 4 rings (SSSR count). The van der Waals surface area contributed by atoms with E-state index in [-0.39, 0.29) is 39.7 Å². The van der Waals surface area contributed by atoms with Gasteiger partial charge < -0.3 is 14.3 Å². The number of carboxylic acids is 1. The van der Waals surface area contributed by atoms with Gasteiger partial charge in [0, 0.05) is 19.2 Å². The lowest BCUT2D eigenvalue weighted by molar-refractivity contribution is -0.141. The molecule has 1 aliphatic rings. The Hall–Kier alpha value is -3.04. The number of nitrogens with zero attached hydrogens (tertiary/aromatic N) is 1. The maximum atomic E-state index is 13.3. The van der Waals surface area contributed by atoms with Gasteiger partial charge in [-0.05, 0) is 43.3 Å². The van der Waals surface area contributed by atoms with Gasteiger partial charge in [-0.1, -0.05) is 17.7 Å². The molecule has 33 heavy (non-hydrogen) atoms. The minimum Gasteiger partial charge on any atom is -0.491 e. The van der Waals surface area contributed by atoms with Crippen molar-refractivity contribution in [2.24, 2.45) is 5.92 Å². The first kappa shape index (κ1) is 23.1. The van der Waals surface area contributed by atoms with Crippen molar-refractivity contribution in [2.45, 2.75) is 12.6 Å². The number of carbonyl (C=O) groups is 1. The molecule has 1 aliphatic heterocycles. The van der Waals surface area contributed by atoms with E-state index in [0.29, 0.717) is 26.1 Å². The molecule has 0 bridgehead atoms. The van der Waals surface area contributed by atoms with Gasteiger partial charge in [-0.25, -0.2) is 0 Å². The molecule has 2 heterocycles. The lowest BCUT2D eigenvalue weighted by Gasteiger charge is -2.18. The average Bonchev–Trinajstić information content (AvgIpc) is 3.23. The Labute approximate surface area is 191 Å². The summed E-state index contributed by atoms with van der Waals surface area (Å²) < 4.78 is 51.4. The Balaban J connectivity index is 1.65. The Kier molecular flexibility index (Phi) is 6.36. The van der Waals surface area contributed by atoms with E-state index in [2.05, 4.69) is 0 Å². The number of likely N-dealkylation sites (tertiary alicyclic amines) is 1. The Morgan fingerprint density at radius 1 is 1.24 bits per heavy atom. The Morgan fingerprint density at radius 2 is 2.03 bits per heavy atom. The maximum Gasteiger partial charge on any atom is 0.416 e. The lowest BCUT2D eigenvalue weighted by atomic mass is 10.1. The van der Waals surface area contributed by atoms with Crippen molar-refractivity contribution in [2.75, 3.05) is 26.2 Å². The highest BCUT2D eigenvalue weighted by Crippen LogP contribution is 2.38. The molecule has 2 aromatic carbocycles. The molecule has 0 saturated carbocycles. The van der Waals surface area contributed by atoms with Gasteiger partial charge in [0.2, 0.25) is 0 Å². The van der Waals surface area contributed by atoms with Crippen LogP contribution < -0.4 is 10.2 Å². The minimum atomic E-state index is -4.59. The first-order chi connectivity index (χ1) is 15.6. The predicted octanol–water partition coefficient (Wildman–Crippen LogP) is 4.92. The number of para-hydroxylation sites is 1. The van der Waals surface area contributed by atoms with E-state index in [9.17, 15) is 22.8 Å². The molecule has 1 atom stereocenters. The molecule has 3 aromatic rings. The topological polar surface area (TPSA) is 80.0 Å². The molecular formula is C23H19ClF3NO5. The second-order valence-corrected chi connectivity index (χ2v) is 8.18. The molecule has 0 aliphatic carbocycles. The second kappa shape index (κ2) is 9.07. The molecule has 10 heteroatoms.